The zero-order valence-electron chi connectivity index (χ0n) is 16.5. The predicted molar refractivity (Wildman–Crippen MR) is 117 cm³/mol. The van der Waals surface area contributed by atoms with Crippen LogP contribution in [-0.4, -0.2) is 56.5 Å². The third kappa shape index (κ3) is 3.30. The van der Waals surface area contributed by atoms with E-state index in [2.05, 4.69) is 19.9 Å². The Hall–Kier alpha value is -3.33. The van der Waals surface area contributed by atoms with Crippen LogP contribution in [0.4, 0.5) is 5.13 Å². The van der Waals surface area contributed by atoms with E-state index in [-0.39, 0.29) is 18.0 Å². The molecule has 1 aliphatic rings. The number of carbonyl (C=O) groups is 1. The summed E-state index contributed by atoms with van der Waals surface area (Å²) in [5.41, 5.74) is 2.35. The van der Waals surface area contributed by atoms with Gasteiger partial charge >= 0.3 is 0 Å². The SMILES string of the molecule is Cc1cccc2c(=O)n(CC(=O)N3CCN(c4nc5cccnc5s4)CC3)cnc12. The minimum absolute atomic E-state index is 0.000767. The van der Waals surface area contributed by atoms with Crippen molar-refractivity contribution in [2.24, 2.45) is 0 Å². The van der Waals surface area contributed by atoms with Crippen molar-refractivity contribution in [1.82, 2.24) is 24.4 Å². The van der Waals surface area contributed by atoms with Gasteiger partial charge in [-0.3, -0.25) is 14.2 Å². The van der Waals surface area contributed by atoms with E-state index in [1.54, 1.807) is 28.5 Å². The molecule has 0 atom stereocenters. The Morgan fingerprint density at radius 2 is 1.93 bits per heavy atom. The smallest absolute Gasteiger partial charge is 0.261 e. The summed E-state index contributed by atoms with van der Waals surface area (Å²) < 4.78 is 1.40. The molecular formula is C21H20N6O2S. The molecule has 0 unspecified atom stereocenters. The zero-order chi connectivity index (χ0) is 20.7. The van der Waals surface area contributed by atoms with Crippen molar-refractivity contribution in [2.75, 3.05) is 31.1 Å². The first kappa shape index (κ1) is 18.7. The standard InChI is InChI=1S/C21H20N6O2S/c1-14-4-2-5-15-18(14)23-13-27(20(15)29)12-17(28)25-8-10-26(11-9-25)21-24-16-6-3-7-22-19(16)30-21/h2-7,13H,8-12H2,1H3. The summed E-state index contributed by atoms with van der Waals surface area (Å²) in [5.74, 6) is -0.0727. The molecule has 9 heteroatoms. The number of thiazole rings is 1. The maximum absolute atomic E-state index is 12.8. The Balaban J connectivity index is 1.27. The summed E-state index contributed by atoms with van der Waals surface area (Å²) in [6.07, 6.45) is 3.24. The van der Waals surface area contributed by atoms with Gasteiger partial charge in [0.2, 0.25) is 5.91 Å². The molecule has 4 heterocycles. The molecule has 0 aliphatic carbocycles. The molecule has 30 heavy (non-hydrogen) atoms. The quantitative estimate of drug-likeness (QED) is 0.504. The lowest BCUT2D eigenvalue weighted by molar-refractivity contribution is -0.132. The Morgan fingerprint density at radius 1 is 1.10 bits per heavy atom. The average molecular weight is 420 g/mol. The molecule has 0 saturated carbocycles. The lowest BCUT2D eigenvalue weighted by Crippen LogP contribution is -2.50. The van der Waals surface area contributed by atoms with Gasteiger partial charge in [-0.1, -0.05) is 23.5 Å². The highest BCUT2D eigenvalue weighted by Gasteiger charge is 2.24. The van der Waals surface area contributed by atoms with Crippen LogP contribution in [0.2, 0.25) is 0 Å². The third-order valence-corrected chi connectivity index (χ3v) is 6.46. The lowest BCUT2D eigenvalue weighted by Gasteiger charge is -2.34. The number of benzene rings is 1. The lowest BCUT2D eigenvalue weighted by atomic mass is 10.1. The van der Waals surface area contributed by atoms with Gasteiger partial charge in [0.15, 0.2) is 5.13 Å². The molecule has 0 spiro atoms. The first-order valence-corrected chi connectivity index (χ1v) is 10.6. The van der Waals surface area contributed by atoms with Crippen molar-refractivity contribution in [3.05, 3.63) is 58.8 Å². The Kier molecular flexibility index (Phi) is 4.66. The summed E-state index contributed by atoms with van der Waals surface area (Å²) in [4.78, 5) is 43.8. The molecule has 1 fully saturated rings. The first-order valence-electron chi connectivity index (χ1n) is 9.79. The van der Waals surface area contributed by atoms with Crippen LogP contribution in [0.5, 0.6) is 0 Å². The van der Waals surface area contributed by atoms with E-state index < -0.39 is 0 Å². The molecule has 0 N–H and O–H groups in total. The number of carbonyl (C=O) groups excluding carboxylic acids is 1. The van der Waals surface area contributed by atoms with E-state index in [9.17, 15) is 9.59 Å². The van der Waals surface area contributed by atoms with E-state index in [4.69, 9.17) is 0 Å². The monoisotopic (exact) mass is 420 g/mol. The maximum atomic E-state index is 12.8. The van der Waals surface area contributed by atoms with Gasteiger partial charge in [-0.2, -0.15) is 0 Å². The molecule has 8 nitrogen and oxygen atoms in total. The fourth-order valence-corrected chi connectivity index (χ4v) is 4.70. The second-order valence-electron chi connectivity index (χ2n) is 7.34. The van der Waals surface area contributed by atoms with Crippen LogP contribution in [0, 0.1) is 6.92 Å². The predicted octanol–water partition coefficient (Wildman–Crippen LogP) is 2.06. The fourth-order valence-electron chi connectivity index (χ4n) is 3.74. The van der Waals surface area contributed by atoms with Crippen LogP contribution in [0.25, 0.3) is 21.3 Å². The van der Waals surface area contributed by atoms with E-state index in [0.717, 1.165) is 21.0 Å². The minimum atomic E-state index is -0.183. The van der Waals surface area contributed by atoms with Gasteiger partial charge in [0, 0.05) is 32.4 Å². The summed E-state index contributed by atoms with van der Waals surface area (Å²) >= 11 is 1.57. The highest BCUT2D eigenvalue weighted by Crippen LogP contribution is 2.27. The maximum Gasteiger partial charge on any atom is 0.261 e. The summed E-state index contributed by atoms with van der Waals surface area (Å²) in [5, 5.41) is 1.47. The van der Waals surface area contributed by atoms with Gasteiger partial charge in [0.25, 0.3) is 5.56 Å². The number of pyridine rings is 1. The minimum Gasteiger partial charge on any atom is -0.344 e. The number of hydrogen-bond donors (Lipinski definition) is 0. The number of fused-ring (bicyclic) bond motifs is 2. The number of rotatable bonds is 3. The molecule has 1 amide bonds. The van der Waals surface area contributed by atoms with Gasteiger partial charge < -0.3 is 9.80 Å². The van der Waals surface area contributed by atoms with Gasteiger partial charge in [0.05, 0.1) is 17.2 Å². The number of hydrogen-bond acceptors (Lipinski definition) is 7. The third-order valence-electron chi connectivity index (χ3n) is 5.42. The molecule has 0 bridgehead atoms. The van der Waals surface area contributed by atoms with Crippen molar-refractivity contribution in [3.63, 3.8) is 0 Å². The van der Waals surface area contributed by atoms with Crippen LogP contribution >= 0.6 is 11.3 Å². The van der Waals surface area contributed by atoms with Crippen molar-refractivity contribution in [1.29, 1.82) is 0 Å². The van der Waals surface area contributed by atoms with E-state index in [0.29, 0.717) is 37.1 Å². The molecule has 3 aromatic heterocycles. The van der Waals surface area contributed by atoms with Gasteiger partial charge in [-0.15, -0.1) is 0 Å². The van der Waals surface area contributed by atoms with E-state index in [1.165, 1.54) is 10.9 Å². The largest absolute Gasteiger partial charge is 0.344 e. The van der Waals surface area contributed by atoms with Gasteiger partial charge in [-0.25, -0.2) is 15.0 Å². The molecule has 1 aliphatic heterocycles. The zero-order valence-corrected chi connectivity index (χ0v) is 17.3. The average Bonchev–Trinajstić information content (AvgIpc) is 3.20. The summed E-state index contributed by atoms with van der Waals surface area (Å²) in [7, 11) is 0. The summed E-state index contributed by atoms with van der Waals surface area (Å²) in [6.45, 7) is 4.52. The molecular weight excluding hydrogens is 400 g/mol. The number of amides is 1. The highest BCUT2D eigenvalue weighted by atomic mass is 32.1. The molecule has 5 rings (SSSR count). The number of para-hydroxylation sites is 1. The first-order chi connectivity index (χ1) is 14.6. The van der Waals surface area contributed by atoms with Gasteiger partial charge in [0.1, 0.15) is 16.9 Å². The molecule has 0 radical (unpaired) electrons. The van der Waals surface area contributed by atoms with Crippen LogP contribution in [-0.2, 0) is 11.3 Å². The normalized spacial score (nSPS) is 14.6. The van der Waals surface area contributed by atoms with E-state index >= 15 is 0 Å². The molecule has 4 aromatic rings. The van der Waals surface area contributed by atoms with Crippen LogP contribution in [0.3, 0.4) is 0 Å². The Labute approximate surface area is 176 Å². The fraction of sp³-hybridized carbons (Fsp3) is 0.286. The number of nitrogens with zero attached hydrogens (tertiary/aromatic N) is 6. The molecule has 1 aromatic carbocycles. The number of aromatic nitrogens is 4. The highest BCUT2D eigenvalue weighted by molar-refractivity contribution is 7.21. The van der Waals surface area contributed by atoms with Crippen molar-refractivity contribution < 1.29 is 4.79 Å². The second kappa shape index (κ2) is 7.49. The second-order valence-corrected chi connectivity index (χ2v) is 8.30. The van der Waals surface area contributed by atoms with Crippen molar-refractivity contribution in [2.45, 2.75) is 13.5 Å². The molecule has 1 saturated heterocycles. The summed E-state index contributed by atoms with van der Waals surface area (Å²) in [6, 6.07) is 9.35. The van der Waals surface area contributed by atoms with Crippen molar-refractivity contribution >= 4 is 43.6 Å². The topological polar surface area (TPSA) is 84.2 Å². The molecule has 152 valence electrons. The van der Waals surface area contributed by atoms with Crippen LogP contribution < -0.4 is 10.5 Å². The van der Waals surface area contributed by atoms with Crippen LogP contribution in [0.15, 0.2) is 47.7 Å². The number of anilines is 1. The number of aryl methyl sites for hydroxylation is 1. The van der Waals surface area contributed by atoms with Crippen molar-refractivity contribution in [3.8, 4) is 0 Å². The van der Waals surface area contributed by atoms with Gasteiger partial charge in [-0.05, 0) is 30.7 Å². The van der Waals surface area contributed by atoms with Crippen LogP contribution in [0.1, 0.15) is 5.56 Å². The number of piperazine rings is 1. The Morgan fingerprint density at radius 3 is 2.73 bits per heavy atom. The Bertz CT molecular complexity index is 1270. The van der Waals surface area contributed by atoms with E-state index in [1.807, 2.05) is 31.2 Å².